The quantitative estimate of drug-likeness (QED) is 0.259. The first-order valence-electron chi connectivity index (χ1n) is 4.65. The molecule has 0 radical (unpaired) electrons. The predicted octanol–water partition coefficient (Wildman–Crippen LogP) is 3.23. The molecule has 86 valence electrons. The van der Waals surface area contributed by atoms with Gasteiger partial charge in [-0.25, -0.2) is 0 Å². The standard InChI is InChI=1S/C10H10ClNO3S/c11-10(13)2-1-7-16-9-5-3-8(4-6-9)12(14)15/h3-6H,1-2,7H2. The van der Waals surface area contributed by atoms with E-state index in [1.54, 1.807) is 23.9 Å². The molecule has 16 heavy (non-hydrogen) atoms. The molecule has 1 rings (SSSR count). The van der Waals surface area contributed by atoms with E-state index in [1.807, 2.05) is 0 Å². The van der Waals surface area contributed by atoms with Crippen molar-refractivity contribution in [3.8, 4) is 0 Å². The van der Waals surface area contributed by atoms with Gasteiger partial charge in [-0.05, 0) is 35.9 Å². The Morgan fingerprint density at radius 1 is 1.38 bits per heavy atom. The van der Waals surface area contributed by atoms with E-state index in [1.165, 1.54) is 12.1 Å². The van der Waals surface area contributed by atoms with Gasteiger partial charge in [0.1, 0.15) is 0 Å². The summed E-state index contributed by atoms with van der Waals surface area (Å²) in [6.45, 7) is 0. The molecule has 0 aliphatic carbocycles. The van der Waals surface area contributed by atoms with Crippen LogP contribution >= 0.6 is 23.4 Å². The van der Waals surface area contributed by atoms with E-state index in [4.69, 9.17) is 11.6 Å². The Hall–Kier alpha value is -1.07. The summed E-state index contributed by atoms with van der Waals surface area (Å²) in [5.74, 6) is 0.774. The monoisotopic (exact) mass is 259 g/mol. The van der Waals surface area contributed by atoms with Gasteiger partial charge in [-0.15, -0.1) is 11.8 Å². The van der Waals surface area contributed by atoms with Gasteiger partial charge in [0, 0.05) is 23.4 Å². The molecule has 0 saturated heterocycles. The molecular weight excluding hydrogens is 250 g/mol. The molecule has 6 heteroatoms. The summed E-state index contributed by atoms with van der Waals surface area (Å²) in [7, 11) is 0. The molecule has 0 saturated carbocycles. The van der Waals surface area contributed by atoms with Crippen LogP contribution in [-0.2, 0) is 4.79 Å². The van der Waals surface area contributed by atoms with E-state index in [2.05, 4.69) is 0 Å². The minimum Gasteiger partial charge on any atom is -0.281 e. The minimum atomic E-state index is -0.430. The average Bonchev–Trinajstić information content (AvgIpc) is 2.25. The van der Waals surface area contributed by atoms with Crippen molar-refractivity contribution in [1.82, 2.24) is 0 Å². The van der Waals surface area contributed by atoms with Gasteiger partial charge in [0.15, 0.2) is 0 Å². The second-order valence-electron chi connectivity index (χ2n) is 3.06. The van der Waals surface area contributed by atoms with E-state index < -0.39 is 4.92 Å². The lowest BCUT2D eigenvalue weighted by Crippen LogP contribution is -1.89. The van der Waals surface area contributed by atoms with Gasteiger partial charge >= 0.3 is 0 Å². The normalized spacial score (nSPS) is 10.1. The summed E-state index contributed by atoms with van der Waals surface area (Å²) in [5.41, 5.74) is 0.0836. The Morgan fingerprint density at radius 2 is 2.00 bits per heavy atom. The van der Waals surface area contributed by atoms with E-state index in [0.717, 1.165) is 10.6 Å². The molecule has 0 atom stereocenters. The number of non-ortho nitro benzene ring substituents is 1. The molecule has 0 fully saturated rings. The molecule has 0 heterocycles. The molecular formula is C10H10ClNO3S. The number of hydrogen-bond acceptors (Lipinski definition) is 4. The number of halogens is 1. The first-order valence-corrected chi connectivity index (χ1v) is 6.01. The molecule has 1 aromatic carbocycles. The van der Waals surface area contributed by atoms with Crippen LogP contribution in [-0.4, -0.2) is 15.9 Å². The van der Waals surface area contributed by atoms with Crippen molar-refractivity contribution in [1.29, 1.82) is 0 Å². The second-order valence-corrected chi connectivity index (χ2v) is 4.65. The molecule has 0 aromatic heterocycles. The average molecular weight is 260 g/mol. The molecule has 4 nitrogen and oxygen atoms in total. The van der Waals surface area contributed by atoms with Gasteiger partial charge in [0.05, 0.1) is 4.92 Å². The van der Waals surface area contributed by atoms with Crippen molar-refractivity contribution in [3.05, 3.63) is 34.4 Å². The first-order chi connectivity index (χ1) is 7.59. The molecule has 0 N–H and O–H groups in total. The third-order valence-corrected chi connectivity index (χ3v) is 3.12. The highest BCUT2D eigenvalue weighted by molar-refractivity contribution is 7.99. The Bertz CT molecular complexity index is 380. The van der Waals surface area contributed by atoms with Crippen molar-refractivity contribution in [2.45, 2.75) is 17.7 Å². The maximum absolute atomic E-state index is 10.5. The highest BCUT2D eigenvalue weighted by atomic mass is 35.5. The molecule has 0 aliphatic heterocycles. The van der Waals surface area contributed by atoms with Crippen LogP contribution in [0.15, 0.2) is 29.2 Å². The summed E-state index contributed by atoms with van der Waals surface area (Å²) in [6.07, 6.45) is 1.07. The maximum atomic E-state index is 10.5. The first kappa shape index (κ1) is 13.0. The lowest BCUT2D eigenvalue weighted by molar-refractivity contribution is -0.384. The van der Waals surface area contributed by atoms with E-state index in [0.29, 0.717) is 12.8 Å². The molecule has 0 aliphatic rings. The zero-order valence-corrected chi connectivity index (χ0v) is 9.96. The summed E-state index contributed by atoms with van der Waals surface area (Å²) >= 11 is 6.74. The largest absolute Gasteiger partial charge is 0.281 e. The topological polar surface area (TPSA) is 60.2 Å². The van der Waals surface area contributed by atoms with Crippen molar-refractivity contribution in [3.63, 3.8) is 0 Å². The van der Waals surface area contributed by atoms with Crippen LogP contribution in [0.5, 0.6) is 0 Å². The van der Waals surface area contributed by atoms with Gasteiger partial charge in [-0.1, -0.05) is 0 Å². The molecule has 1 aromatic rings. The lowest BCUT2D eigenvalue weighted by atomic mass is 10.3. The van der Waals surface area contributed by atoms with Gasteiger partial charge in [-0.3, -0.25) is 14.9 Å². The molecule has 0 amide bonds. The summed E-state index contributed by atoms with van der Waals surface area (Å²) < 4.78 is 0. The van der Waals surface area contributed by atoms with Crippen LogP contribution in [0, 0.1) is 10.1 Å². The molecule has 0 bridgehead atoms. The fourth-order valence-corrected chi connectivity index (χ4v) is 2.05. The lowest BCUT2D eigenvalue weighted by Gasteiger charge is -1.99. The number of benzene rings is 1. The summed E-state index contributed by atoms with van der Waals surface area (Å²) in [4.78, 5) is 21.4. The van der Waals surface area contributed by atoms with Crippen molar-refractivity contribution in [2.75, 3.05) is 5.75 Å². The van der Waals surface area contributed by atoms with Gasteiger partial charge in [0.25, 0.3) is 5.69 Å². The van der Waals surface area contributed by atoms with E-state index >= 15 is 0 Å². The third-order valence-electron chi connectivity index (χ3n) is 1.83. The number of thioether (sulfide) groups is 1. The number of carbonyl (C=O) groups excluding carboxylic acids is 1. The number of carbonyl (C=O) groups is 1. The second kappa shape index (κ2) is 6.50. The van der Waals surface area contributed by atoms with Crippen LogP contribution in [0.1, 0.15) is 12.8 Å². The van der Waals surface area contributed by atoms with Crippen LogP contribution in [0.25, 0.3) is 0 Å². The number of nitro groups is 1. The number of rotatable bonds is 6. The Kier molecular flexibility index (Phi) is 5.28. The van der Waals surface area contributed by atoms with Crippen LogP contribution < -0.4 is 0 Å². The van der Waals surface area contributed by atoms with Crippen LogP contribution in [0.3, 0.4) is 0 Å². The summed E-state index contributed by atoms with van der Waals surface area (Å²) in [6, 6.07) is 6.33. The summed E-state index contributed by atoms with van der Waals surface area (Å²) in [5, 5.41) is 10.1. The predicted molar refractivity (Wildman–Crippen MR) is 63.9 cm³/mol. The fraction of sp³-hybridized carbons (Fsp3) is 0.300. The Labute approximate surface area is 102 Å². The van der Waals surface area contributed by atoms with Crippen LogP contribution in [0.4, 0.5) is 5.69 Å². The molecule has 0 spiro atoms. The number of nitro benzene ring substituents is 1. The van der Waals surface area contributed by atoms with Crippen LogP contribution in [0.2, 0.25) is 0 Å². The zero-order valence-electron chi connectivity index (χ0n) is 8.39. The van der Waals surface area contributed by atoms with Crippen molar-refractivity contribution >= 4 is 34.3 Å². The highest BCUT2D eigenvalue weighted by Gasteiger charge is 2.04. The van der Waals surface area contributed by atoms with Crippen molar-refractivity contribution in [2.24, 2.45) is 0 Å². The van der Waals surface area contributed by atoms with E-state index in [9.17, 15) is 14.9 Å². The zero-order chi connectivity index (χ0) is 12.0. The molecule has 0 unspecified atom stereocenters. The van der Waals surface area contributed by atoms with Gasteiger partial charge < -0.3 is 0 Å². The highest BCUT2D eigenvalue weighted by Crippen LogP contribution is 2.22. The fourth-order valence-electron chi connectivity index (χ4n) is 1.07. The number of hydrogen-bond donors (Lipinski definition) is 0. The minimum absolute atomic E-state index is 0.0836. The third kappa shape index (κ3) is 4.63. The van der Waals surface area contributed by atoms with Crippen molar-refractivity contribution < 1.29 is 9.72 Å². The Morgan fingerprint density at radius 3 is 2.50 bits per heavy atom. The van der Waals surface area contributed by atoms with Gasteiger partial charge in [-0.2, -0.15) is 0 Å². The number of nitrogens with zero attached hydrogens (tertiary/aromatic N) is 1. The smallest absolute Gasteiger partial charge is 0.269 e. The Balaban J connectivity index is 2.38. The van der Waals surface area contributed by atoms with Gasteiger partial charge in [0.2, 0.25) is 5.24 Å². The maximum Gasteiger partial charge on any atom is 0.269 e. The van der Waals surface area contributed by atoms with E-state index in [-0.39, 0.29) is 10.9 Å². The SMILES string of the molecule is O=C(Cl)CCCSc1ccc([N+](=O)[O-])cc1.